The lowest BCUT2D eigenvalue weighted by Crippen LogP contribution is -2.34. The molecule has 1 atom stereocenters. The molecule has 0 aliphatic carbocycles. The zero-order valence-electron chi connectivity index (χ0n) is 11.2. The largest absolute Gasteiger partial charge is 0.481 e. The molecule has 1 aromatic heterocycles. The van der Waals surface area contributed by atoms with E-state index in [9.17, 15) is 14.7 Å². The van der Waals surface area contributed by atoms with Gasteiger partial charge in [0.15, 0.2) is 0 Å². The first-order valence-corrected chi connectivity index (χ1v) is 6.83. The van der Waals surface area contributed by atoms with Gasteiger partial charge in [0, 0.05) is 12.7 Å². The second-order valence-electron chi connectivity index (χ2n) is 4.67. The van der Waals surface area contributed by atoms with E-state index in [4.69, 9.17) is 11.6 Å². The van der Waals surface area contributed by atoms with Crippen molar-refractivity contribution in [1.29, 1.82) is 0 Å². The fourth-order valence-electron chi connectivity index (χ4n) is 1.96. The molecule has 0 radical (unpaired) electrons. The quantitative estimate of drug-likeness (QED) is 0.766. The van der Waals surface area contributed by atoms with Crippen molar-refractivity contribution in [3.05, 3.63) is 58.9 Å². The first-order valence-electron chi connectivity index (χ1n) is 6.45. The minimum absolute atomic E-state index is 0.0553. The Kier molecular flexibility index (Phi) is 5.00. The van der Waals surface area contributed by atoms with Crippen LogP contribution < -0.4 is 5.32 Å². The number of rotatable bonds is 6. The Hall–Kier alpha value is -2.27. The summed E-state index contributed by atoms with van der Waals surface area (Å²) in [5.74, 6) is -1.99. The summed E-state index contributed by atoms with van der Waals surface area (Å²) >= 11 is 5.72. The van der Waals surface area contributed by atoms with Crippen molar-refractivity contribution < 1.29 is 14.7 Å². The van der Waals surface area contributed by atoms with Crippen LogP contribution in [0.4, 0.5) is 0 Å². The second-order valence-corrected chi connectivity index (χ2v) is 5.10. The van der Waals surface area contributed by atoms with Crippen LogP contribution in [0.1, 0.15) is 16.1 Å². The Morgan fingerprint density at radius 2 is 2.00 bits per heavy atom. The van der Waals surface area contributed by atoms with Gasteiger partial charge in [-0.25, -0.2) is 0 Å². The molecule has 1 heterocycles. The summed E-state index contributed by atoms with van der Waals surface area (Å²) in [6.07, 6.45) is 1.86. The normalized spacial score (nSPS) is 11.9. The fourth-order valence-corrected chi connectivity index (χ4v) is 2.12. The van der Waals surface area contributed by atoms with Gasteiger partial charge >= 0.3 is 5.97 Å². The number of aromatic amines is 1. The van der Waals surface area contributed by atoms with Crippen molar-refractivity contribution in [2.45, 2.75) is 6.42 Å². The van der Waals surface area contributed by atoms with Gasteiger partial charge in [0.1, 0.15) is 5.69 Å². The molecule has 1 amide bonds. The highest BCUT2D eigenvalue weighted by Crippen LogP contribution is 2.11. The highest BCUT2D eigenvalue weighted by atomic mass is 35.5. The van der Waals surface area contributed by atoms with Crippen molar-refractivity contribution in [2.75, 3.05) is 6.54 Å². The van der Waals surface area contributed by atoms with Gasteiger partial charge in [-0.2, -0.15) is 0 Å². The van der Waals surface area contributed by atoms with Gasteiger partial charge in [0.2, 0.25) is 0 Å². The number of hydrogen-bond donors (Lipinski definition) is 3. The van der Waals surface area contributed by atoms with Gasteiger partial charge in [0.25, 0.3) is 5.91 Å². The fraction of sp³-hybridized carbons (Fsp3) is 0.200. The zero-order chi connectivity index (χ0) is 15.2. The Bertz CT molecular complexity index is 625. The smallest absolute Gasteiger partial charge is 0.308 e. The minimum atomic E-state index is -0.941. The molecule has 5 nitrogen and oxygen atoms in total. The van der Waals surface area contributed by atoms with E-state index in [1.165, 1.54) is 12.3 Å². The Balaban J connectivity index is 1.94. The minimum Gasteiger partial charge on any atom is -0.481 e. The number of nitrogens with one attached hydrogen (secondary N) is 2. The first kappa shape index (κ1) is 15.1. The van der Waals surface area contributed by atoms with Gasteiger partial charge in [-0.3, -0.25) is 9.59 Å². The van der Waals surface area contributed by atoms with E-state index in [2.05, 4.69) is 10.3 Å². The van der Waals surface area contributed by atoms with Crippen molar-refractivity contribution in [1.82, 2.24) is 10.3 Å². The van der Waals surface area contributed by atoms with Gasteiger partial charge < -0.3 is 15.4 Å². The maximum absolute atomic E-state index is 11.8. The van der Waals surface area contributed by atoms with Crippen LogP contribution in [0, 0.1) is 5.92 Å². The molecule has 0 aliphatic rings. The second kappa shape index (κ2) is 6.95. The molecular formula is C15H15ClN2O3. The lowest BCUT2D eigenvalue weighted by Gasteiger charge is -2.13. The van der Waals surface area contributed by atoms with Crippen molar-refractivity contribution in [3.8, 4) is 0 Å². The third kappa shape index (κ3) is 4.36. The van der Waals surface area contributed by atoms with Gasteiger partial charge in [-0.05, 0) is 18.1 Å². The SMILES string of the molecule is O=C(NC[C@@H](Cc1ccccc1)C(=O)O)c1cc(Cl)c[nH]1. The number of halogens is 1. The van der Waals surface area contributed by atoms with E-state index in [-0.39, 0.29) is 12.5 Å². The van der Waals surface area contributed by atoms with Crippen molar-refractivity contribution in [3.63, 3.8) is 0 Å². The predicted octanol–water partition coefficient (Wildman–Crippen LogP) is 2.34. The number of carboxylic acid groups (broad SMARTS) is 1. The van der Waals surface area contributed by atoms with Crippen LogP contribution in [0.2, 0.25) is 5.02 Å². The lowest BCUT2D eigenvalue weighted by atomic mass is 9.99. The highest BCUT2D eigenvalue weighted by Gasteiger charge is 2.19. The van der Waals surface area contributed by atoms with Crippen LogP contribution in [0.25, 0.3) is 0 Å². The average molecular weight is 307 g/mol. The topological polar surface area (TPSA) is 82.2 Å². The average Bonchev–Trinajstić information content (AvgIpc) is 2.90. The van der Waals surface area contributed by atoms with E-state index in [0.717, 1.165) is 5.56 Å². The maximum Gasteiger partial charge on any atom is 0.308 e. The van der Waals surface area contributed by atoms with E-state index >= 15 is 0 Å². The molecule has 110 valence electrons. The summed E-state index contributed by atoms with van der Waals surface area (Å²) in [7, 11) is 0. The number of carbonyl (C=O) groups is 2. The van der Waals surface area contributed by atoms with Gasteiger partial charge in [-0.1, -0.05) is 41.9 Å². The van der Waals surface area contributed by atoms with Crippen LogP contribution in [-0.2, 0) is 11.2 Å². The van der Waals surface area contributed by atoms with Crippen molar-refractivity contribution in [2.24, 2.45) is 5.92 Å². The summed E-state index contributed by atoms with van der Waals surface area (Å²) in [5.41, 5.74) is 1.23. The van der Waals surface area contributed by atoms with E-state index in [0.29, 0.717) is 17.1 Å². The van der Waals surface area contributed by atoms with Gasteiger partial charge in [-0.15, -0.1) is 0 Å². The molecule has 0 aliphatic heterocycles. The number of carboxylic acids is 1. The maximum atomic E-state index is 11.8. The van der Waals surface area contributed by atoms with Gasteiger partial charge in [0.05, 0.1) is 10.9 Å². The molecule has 0 saturated heterocycles. The molecule has 1 aromatic carbocycles. The van der Waals surface area contributed by atoms with Crippen LogP contribution in [0.3, 0.4) is 0 Å². The summed E-state index contributed by atoms with van der Waals surface area (Å²) in [6.45, 7) is 0.0553. The number of hydrogen-bond acceptors (Lipinski definition) is 2. The molecule has 2 aromatic rings. The number of amides is 1. The molecule has 0 unspecified atom stereocenters. The number of aliphatic carboxylic acids is 1. The van der Waals surface area contributed by atoms with E-state index in [1.54, 1.807) is 0 Å². The van der Waals surface area contributed by atoms with Crippen LogP contribution in [0.15, 0.2) is 42.6 Å². The molecule has 0 spiro atoms. The number of H-pyrrole nitrogens is 1. The Labute approximate surface area is 126 Å². The number of benzene rings is 1. The molecule has 0 fully saturated rings. The summed E-state index contributed by atoms with van der Waals surface area (Å²) in [6, 6.07) is 10.8. The molecule has 3 N–H and O–H groups in total. The molecular weight excluding hydrogens is 292 g/mol. The molecule has 2 rings (SSSR count). The van der Waals surface area contributed by atoms with Crippen LogP contribution in [-0.4, -0.2) is 28.5 Å². The van der Waals surface area contributed by atoms with E-state index in [1.807, 2.05) is 30.3 Å². The lowest BCUT2D eigenvalue weighted by molar-refractivity contribution is -0.141. The monoisotopic (exact) mass is 306 g/mol. The molecule has 0 bridgehead atoms. The van der Waals surface area contributed by atoms with Crippen molar-refractivity contribution >= 4 is 23.5 Å². The molecule has 0 saturated carbocycles. The zero-order valence-corrected chi connectivity index (χ0v) is 11.9. The third-order valence-corrected chi connectivity index (χ3v) is 3.29. The first-order chi connectivity index (χ1) is 10.1. The molecule has 6 heteroatoms. The highest BCUT2D eigenvalue weighted by molar-refractivity contribution is 6.30. The van der Waals surface area contributed by atoms with Crippen LogP contribution >= 0.6 is 11.6 Å². The molecule has 21 heavy (non-hydrogen) atoms. The van der Waals surface area contributed by atoms with Crippen LogP contribution in [0.5, 0.6) is 0 Å². The summed E-state index contributed by atoms with van der Waals surface area (Å²) in [4.78, 5) is 25.8. The Morgan fingerprint density at radius 1 is 1.29 bits per heavy atom. The summed E-state index contributed by atoms with van der Waals surface area (Å²) in [5, 5.41) is 12.3. The summed E-state index contributed by atoms with van der Waals surface area (Å²) < 4.78 is 0. The standard InChI is InChI=1S/C15H15ClN2O3/c16-12-7-13(17-9-12)14(19)18-8-11(15(20)21)6-10-4-2-1-3-5-10/h1-5,7,9,11,17H,6,8H2,(H,18,19)(H,20,21)/t11-/m1/s1. The Morgan fingerprint density at radius 3 is 2.57 bits per heavy atom. The predicted molar refractivity (Wildman–Crippen MR) is 79.4 cm³/mol. The number of aromatic nitrogens is 1. The van der Waals surface area contributed by atoms with E-state index < -0.39 is 11.9 Å². The number of carbonyl (C=O) groups excluding carboxylic acids is 1. The third-order valence-electron chi connectivity index (χ3n) is 3.08.